The number of ether oxygens (including phenoxy) is 1. The first-order valence-electron chi connectivity index (χ1n) is 7.64. The summed E-state index contributed by atoms with van der Waals surface area (Å²) >= 11 is 1.67. The molecule has 3 rings (SSSR count). The molecule has 3 heterocycles. The Bertz CT molecular complexity index is 626. The molecule has 1 saturated heterocycles. The highest BCUT2D eigenvalue weighted by atomic mass is 32.1. The van der Waals surface area contributed by atoms with Crippen molar-refractivity contribution in [2.45, 2.75) is 39.3 Å². The van der Waals surface area contributed by atoms with E-state index in [1.807, 2.05) is 36.3 Å². The Morgan fingerprint density at radius 1 is 1.45 bits per heavy atom. The van der Waals surface area contributed by atoms with Crippen LogP contribution >= 0.6 is 11.3 Å². The van der Waals surface area contributed by atoms with Gasteiger partial charge in [-0.25, -0.2) is 0 Å². The van der Waals surface area contributed by atoms with Crippen LogP contribution in [-0.2, 0) is 11.3 Å². The molecular weight excluding hydrogens is 298 g/mol. The lowest BCUT2D eigenvalue weighted by atomic mass is 10.1. The number of carbonyl (C=O) groups excluding carboxylic acids is 1. The number of thiophene rings is 1. The summed E-state index contributed by atoms with van der Waals surface area (Å²) in [5, 5.41) is 2.04. The predicted octanol–water partition coefficient (Wildman–Crippen LogP) is 3.78. The lowest BCUT2D eigenvalue weighted by molar-refractivity contribution is 0.0508. The number of nitrogens with zero attached hydrogens (tertiary/aromatic N) is 1. The van der Waals surface area contributed by atoms with Gasteiger partial charge < -0.3 is 14.1 Å². The van der Waals surface area contributed by atoms with Crippen molar-refractivity contribution < 1.29 is 13.9 Å². The molecule has 2 aromatic heterocycles. The highest BCUT2D eigenvalue weighted by molar-refractivity contribution is 7.09. The molecule has 0 bridgehead atoms. The summed E-state index contributed by atoms with van der Waals surface area (Å²) in [6.45, 7) is 5.78. The standard InChI is InChI=1S/C17H21NO3S/c1-12-9-16(13(2)21-12)17(19)18(10-14-5-3-7-20-14)11-15-6-4-8-22-15/h4,6,8-9,14H,3,5,7,10-11H2,1-2H3. The van der Waals surface area contributed by atoms with Gasteiger partial charge in [0.25, 0.3) is 5.91 Å². The fourth-order valence-corrected chi connectivity index (χ4v) is 3.58. The maximum Gasteiger partial charge on any atom is 0.257 e. The molecule has 1 fully saturated rings. The van der Waals surface area contributed by atoms with E-state index in [0.29, 0.717) is 24.4 Å². The second kappa shape index (κ2) is 6.67. The lowest BCUT2D eigenvalue weighted by Gasteiger charge is -2.25. The van der Waals surface area contributed by atoms with E-state index in [0.717, 1.165) is 25.2 Å². The maximum atomic E-state index is 12.9. The Morgan fingerprint density at radius 2 is 2.32 bits per heavy atom. The molecule has 0 saturated carbocycles. The maximum absolute atomic E-state index is 12.9. The quantitative estimate of drug-likeness (QED) is 0.842. The number of hydrogen-bond acceptors (Lipinski definition) is 4. The normalized spacial score (nSPS) is 17.8. The third-order valence-electron chi connectivity index (χ3n) is 3.93. The molecule has 118 valence electrons. The van der Waals surface area contributed by atoms with Crippen molar-refractivity contribution >= 4 is 17.2 Å². The average Bonchev–Trinajstić information content (AvgIpc) is 3.20. The van der Waals surface area contributed by atoms with Crippen LogP contribution in [0.5, 0.6) is 0 Å². The molecule has 4 nitrogen and oxygen atoms in total. The van der Waals surface area contributed by atoms with Crippen molar-refractivity contribution in [3.63, 3.8) is 0 Å². The van der Waals surface area contributed by atoms with Gasteiger partial charge in [0.05, 0.1) is 18.2 Å². The molecule has 0 radical (unpaired) electrons. The molecule has 0 aliphatic carbocycles. The summed E-state index contributed by atoms with van der Waals surface area (Å²) in [6, 6.07) is 5.91. The molecule has 22 heavy (non-hydrogen) atoms. The molecule has 1 amide bonds. The van der Waals surface area contributed by atoms with Crippen LogP contribution in [0.4, 0.5) is 0 Å². The molecule has 1 unspecified atom stereocenters. The average molecular weight is 319 g/mol. The monoisotopic (exact) mass is 319 g/mol. The van der Waals surface area contributed by atoms with E-state index in [2.05, 4.69) is 6.07 Å². The minimum atomic E-state index is 0.0262. The number of hydrogen-bond donors (Lipinski definition) is 0. The highest BCUT2D eigenvalue weighted by Gasteiger charge is 2.26. The number of carbonyl (C=O) groups is 1. The van der Waals surface area contributed by atoms with E-state index in [1.165, 1.54) is 4.88 Å². The van der Waals surface area contributed by atoms with Gasteiger partial charge in [-0.05, 0) is 44.2 Å². The molecule has 0 spiro atoms. The molecule has 1 atom stereocenters. The van der Waals surface area contributed by atoms with E-state index < -0.39 is 0 Å². The summed E-state index contributed by atoms with van der Waals surface area (Å²) < 4.78 is 11.2. The Balaban J connectivity index is 1.79. The second-order valence-corrected chi connectivity index (χ2v) is 6.76. The van der Waals surface area contributed by atoms with Crippen LogP contribution in [0.25, 0.3) is 0 Å². The highest BCUT2D eigenvalue weighted by Crippen LogP contribution is 2.21. The molecule has 1 aliphatic heterocycles. The van der Waals surface area contributed by atoms with Gasteiger partial charge >= 0.3 is 0 Å². The second-order valence-electron chi connectivity index (χ2n) is 5.73. The van der Waals surface area contributed by atoms with Crippen molar-refractivity contribution in [2.24, 2.45) is 0 Å². The lowest BCUT2D eigenvalue weighted by Crippen LogP contribution is -2.36. The van der Waals surface area contributed by atoms with Gasteiger partial charge in [-0.15, -0.1) is 11.3 Å². The fraction of sp³-hybridized carbons (Fsp3) is 0.471. The Hall–Kier alpha value is -1.59. The van der Waals surface area contributed by atoms with Gasteiger partial charge in [0.2, 0.25) is 0 Å². The first-order chi connectivity index (χ1) is 10.6. The summed E-state index contributed by atoms with van der Waals surface area (Å²) in [5.74, 6) is 1.48. The zero-order chi connectivity index (χ0) is 15.5. The summed E-state index contributed by atoms with van der Waals surface area (Å²) in [7, 11) is 0. The third-order valence-corrected chi connectivity index (χ3v) is 4.79. The first kappa shape index (κ1) is 15.3. The predicted molar refractivity (Wildman–Crippen MR) is 86.2 cm³/mol. The largest absolute Gasteiger partial charge is 0.466 e. The summed E-state index contributed by atoms with van der Waals surface area (Å²) in [4.78, 5) is 16.0. The van der Waals surface area contributed by atoms with Gasteiger partial charge in [-0.2, -0.15) is 0 Å². The minimum Gasteiger partial charge on any atom is -0.466 e. The van der Waals surface area contributed by atoms with Crippen molar-refractivity contribution in [3.8, 4) is 0 Å². The summed E-state index contributed by atoms with van der Waals surface area (Å²) in [6.07, 6.45) is 2.25. The van der Waals surface area contributed by atoms with E-state index in [1.54, 1.807) is 11.3 Å². The fourth-order valence-electron chi connectivity index (χ4n) is 2.86. The van der Waals surface area contributed by atoms with Crippen molar-refractivity contribution in [2.75, 3.05) is 13.2 Å². The molecule has 0 aromatic carbocycles. The van der Waals surface area contributed by atoms with E-state index in [-0.39, 0.29) is 12.0 Å². The zero-order valence-corrected chi connectivity index (χ0v) is 13.8. The van der Waals surface area contributed by atoms with Crippen molar-refractivity contribution in [1.29, 1.82) is 0 Å². The Kier molecular flexibility index (Phi) is 4.64. The van der Waals surface area contributed by atoms with E-state index in [4.69, 9.17) is 9.15 Å². The van der Waals surface area contributed by atoms with E-state index in [9.17, 15) is 4.79 Å². The molecule has 0 N–H and O–H groups in total. The van der Waals surface area contributed by atoms with Gasteiger partial charge in [0.1, 0.15) is 11.5 Å². The minimum absolute atomic E-state index is 0.0262. The number of aryl methyl sites for hydroxylation is 2. The van der Waals surface area contributed by atoms with E-state index >= 15 is 0 Å². The summed E-state index contributed by atoms with van der Waals surface area (Å²) in [5.41, 5.74) is 0.659. The van der Waals surface area contributed by atoms with Crippen molar-refractivity contribution in [3.05, 3.63) is 45.5 Å². The third kappa shape index (κ3) is 3.42. The SMILES string of the molecule is Cc1cc(C(=O)N(Cc2cccs2)CC2CCCO2)c(C)o1. The van der Waals surface area contributed by atoms with Crippen LogP contribution in [0.1, 0.15) is 39.6 Å². The van der Waals surface area contributed by atoms with Crippen LogP contribution in [0.2, 0.25) is 0 Å². The van der Waals surface area contributed by atoms with Gasteiger partial charge in [0.15, 0.2) is 0 Å². The molecule has 1 aliphatic rings. The number of rotatable bonds is 5. The van der Waals surface area contributed by atoms with Crippen molar-refractivity contribution in [1.82, 2.24) is 4.90 Å². The molecule has 2 aromatic rings. The Morgan fingerprint density at radius 3 is 2.91 bits per heavy atom. The van der Waals surface area contributed by atoms with Gasteiger partial charge in [0, 0.05) is 18.0 Å². The van der Waals surface area contributed by atoms with Crippen LogP contribution in [0.3, 0.4) is 0 Å². The van der Waals surface area contributed by atoms with Gasteiger partial charge in [-0.1, -0.05) is 6.07 Å². The molecular formula is C17H21NO3S. The zero-order valence-electron chi connectivity index (χ0n) is 13.0. The topological polar surface area (TPSA) is 42.7 Å². The van der Waals surface area contributed by atoms with Crippen LogP contribution in [-0.4, -0.2) is 30.1 Å². The number of amides is 1. The van der Waals surface area contributed by atoms with Crippen LogP contribution in [0.15, 0.2) is 28.0 Å². The number of furan rings is 1. The smallest absolute Gasteiger partial charge is 0.257 e. The molecule has 5 heteroatoms. The first-order valence-corrected chi connectivity index (χ1v) is 8.52. The van der Waals surface area contributed by atoms with Gasteiger partial charge in [-0.3, -0.25) is 4.79 Å². The van der Waals surface area contributed by atoms with Crippen LogP contribution < -0.4 is 0 Å². The Labute approximate surface area is 134 Å². The van der Waals surface area contributed by atoms with Crippen LogP contribution in [0, 0.1) is 13.8 Å².